The van der Waals surface area contributed by atoms with Crippen LogP contribution in [0.25, 0.3) is 0 Å². The van der Waals surface area contributed by atoms with Gasteiger partial charge < -0.3 is 14.4 Å². The van der Waals surface area contributed by atoms with Crippen molar-refractivity contribution in [2.45, 2.75) is 31.1 Å². The maximum atomic E-state index is 5.91. The molecule has 2 aliphatic rings. The summed E-state index contributed by atoms with van der Waals surface area (Å²) in [5, 5.41) is 0. The number of hydrogen-bond donors (Lipinski definition) is 0. The van der Waals surface area contributed by atoms with E-state index in [0.717, 1.165) is 31.9 Å². The molecular formula is C14H19N3O2. The van der Waals surface area contributed by atoms with Gasteiger partial charge in [-0.1, -0.05) is 6.08 Å². The Kier molecular flexibility index (Phi) is 3.75. The van der Waals surface area contributed by atoms with Crippen LogP contribution >= 0.6 is 0 Å². The summed E-state index contributed by atoms with van der Waals surface area (Å²) in [6.07, 6.45) is 7.72. The number of nitrogens with zero attached hydrogens (tertiary/aromatic N) is 3. The predicted molar refractivity (Wildman–Crippen MR) is 72.1 cm³/mol. The van der Waals surface area contributed by atoms with Gasteiger partial charge in [-0.2, -0.15) is 0 Å². The van der Waals surface area contributed by atoms with Gasteiger partial charge in [-0.05, 0) is 18.9 Å². The van der Waals surface area contributed by atoms with Crippen LogP contribution in [0.5, 0.6) is 0 Å². The molecule has 0 aromatic carbocycles. The van der Waals surface area contributed by atoms with Gasteiger partial charge in [-0.3, -0.25) is 0 Å². The summed E-state index contributed by atoms with van der Waals surface area (Å²) >= 11 is 0. The number of anilines is 1. The molecule has 3 atom stereocenters. The minimum absolute atomic E-state index is 0.0760. The number of aromatic nitrogens is 2. The second-order valence-corrected chi connectivity index (χ2v) is 4.91. The Morgan fingerprint density at radius 3 is 3.11 bits per heavy atom. The SMILES string of the molecule is C=CCO[C@H]1CN(c2ncccn2)[C@@H]2CCCO[C@H]12. The van der Waals surface area contributed by atoms with Crippen molar-refractivity contribution in [3.8, 4) is 0 Å². The van der Waals surface area contributed by atoms with E-state index in [1.54, 1.807) is 18.5 Å². The molecule has 2 aliphatic heterocycles. The zero-order valence-corrected chi connectivity index (χ0v) is 10.9. The van der Waals surface area contributed by atoms with Crippen molar-refractivity contribution in [3.05, 3.63) is 31.1 Å². The van der Waals surface area contributed by atoms with E-state index in [0.29, 0.717) is 12.6 Å². The van der Waals surface area contributed by atoms with Crippen LogP contribution in [-0.2, 0) is 9.47 Å². The van der Waals surface area contributed by atoms with Crippen molar-refractivity contribution in [2.24, 2.45) is 0 Å². The first-order chi connectivity index (χ1) is 9.40. The standard InChI is InChI=1S/C14H19N3O2/c1-2-8-18-12-10-17(14-15-6-4-7-16-14)11-5-3-9-19-13(11)12/h2,4,6-7,11-13H,1,3,5,8-10H2/t11-,12+,13+/m1/s1. The van der Waals surface area contributed by atoms with Crippen molar-refractivity contribution in [1.82, 2.24) is 9.97 Å². The molecule has 1 aromatic heterocycles. The molecule has 19 heavy (non-hydrogen) atoms. The van der Waals surface area contributed by atoms with Crippen LogP contribution in [0.1, 0.15) is 12.8 Å². The van der Waals surface area contributed by atoms with E-state index >= 15 is 0 Å². The minimum atomic E-state index is 0.0760. The Hall–Kier alpha value is -1.46. The van der Waals surface area contributed by atoms with E-state index in [2.05, 4.69) is 21.4 Å². The Morgan fingerprint density at radius 1 is 1.47 bits per heavy atom. The molecular weight excluding hydrogens is 242 g/mol. The van der Waals surface area contributed by atoms with Gasteiger partial charge in [-0.15, -0.1) is 6.58 Å². The van der Waals surface area contributed by atoms with Gasteiger partial charge in [0.2, 0.25) is 5.95 Å². The Labute approximate surface area is 113 Å². The van der Waals surface area contributed by atoms with Crippen molar-refractivity contribution in [1.29, 1.82) is 0 Å². The quantitative estimate of drug-likeness (QED) is 0.767. The highest BCUT2D eigenvalue weighted by atomic mass is 16.5. The molecule has 0 bridgehead atoms. The monoisotopic (exact) mass is 261 g/mol. The predicted octanol–water partition coefficient (Wildman–Crippen LogP) is 1.42. The summed E-state index contributed by atoms with van der Waals surface area (Å²) in [7, 11) is 0. The first-order valence-electron chi connectivity index (χ1n) is 6.78. The second-order valence-electron chi connectivity index (χ2n) is 4.91. The number of ether oxygens (including phenoxy) is 2. The lowest BCUT2D eigenvalue weighted by molar-refractivity contribution is -0.0671. The molecule has 5 heteroatoms. The topological polar surface area (TPSA) is 47.5 Å². The summed E-state index contributed by atoms with van der Waals surface area (Å²) in [5.74, 6) is 0.771. The molecule has 3 rings (SSSR count). The molecule has 102 valence electrons. The number of hydrogen-bond acceptors (Lipinski definition) is 5. The van der Waals surface area contributed by atoms with Gasteiger partial charge in [0, 0.05) is 19.0 Å². The number of fused-ring (bicyclic) bond motifs is 1. The van der Waals surface area contributed by atoms with Gasteiger partial charge >= 0.3 is 0 Å². The van der Waals surface area contributed by atoms with Crippen molar-refractivity contribution in [3.63, 3.8) is 0 Å². The molecule has 0 radical (unpaired) electrons. The van der Waals surface area contributed by atoms with Gasteiger partial charge in [0.05, 0.1) is 19.2 Å². The fraction of sp³-hybridized carbons (Fsp3) is 0.571. The van der Waals surface area contributed by atoms with E-state index < -0.39 is 0 Å². The average Bonchev–Trinajstić information content (AvgIpc) is 2.85. The Balaban J connectivity index is 1.79. The highest BCUT2D eigenvalue weighted by Gasteiger charge is 2.45. The lowest BCUT2D eigenvalue weighted by Gasteiger charge is -2.31. The van der Waals surface area contributed by atoms with Crippen LogP contribution in [-0.4, -0.2) is 48.0 Å². The summed E-state index contributed by atoms with van der Waals surface area (Å²) in [5.41, 5.74) is 0. The summed E-state index contributed by atoms with van der Waals surface area (Å²) in [6.45, 7) is 5.86. The fourth-order valence-electron chi connectivity index (χ4n) is 2.92. The molecule has 1 aromatic rings. The highest BCUT2D eigenvalue weighted by Crippen LogP contribution is 2.32. The van der Waals surface area contributed by atoms with Gasteiger partial charge in [0.1, 0.15) is 12.2 Å². The van der Waals surface area contributed by atoms with E-state index in [9.17, 15) is 0 Å². The van der Waals surface area contributed by atoms with E-state index in [-0.39, 0.29) is 12.2 Å². The zero-order chi connectivity index (χ0) is 13.1. The fourth-order valence-corrected chi connectivity index (χ4v) is 2.92. The van der Waals surface area contributed by atoms with Crippen molar-refractivity contribution < 1.29 is 9.47 Å². The van der Waals surface area contributed by atoms with Crippen LogP contribution in [0, 0.1) is 0 Å². The van der Waals surface area contributed by atoms with Crippen LogP contribution < -0.4 is 4.90 Å². The molecule has 0 unspecified atom stereocenters. The van der Waals surface area contributed by atoms with Crippen LogP contribution in [0.4, 0.5) is 5.95 Å². The normalized spacial score (nSPS) is 30.1. The van der Waals surface area contributed by atoms with Crippen LogP contribution in [0.2, 0.25) is 0 Å². The zero-order valence-electron chi connectivity index (χ0n) is 10.9. The molecule has 2 saturated heterocycles. The maximum Gasteiger partial charge on any atom is 0.225 e. The summed E-state index contributed by atoms with van der Waals surface area (Å²) in [6, 6.07) is 2.16. The molecule has 0 amide bonds. The van der Waals surface area contributed by atoms with Crippen molar-refractivity contribution in [2.75, 3.05) is 24.7 Å². The molecule has 0 N–H and O–H groups in total. The Morgan fingerprint density at radius 2 is 2.32 bits per heavy atom. The third-order valence-corrected chi connectivity index (χ3v) is 3.71. The average molecular weight is 261 g/mol. The molecule has 3 heterocycles. The second kappa shape index (κ2) is 5.67. The minimum Gasteiger partial charge on any atom is -0.373 e. The number of rotatable bonds is 4. The van der Waals surface area contributed by atoms with Gasteiger partial charge in [0.15, 0.2) is 0 Å². The molecule has 5 nitrogen and oxygen atoms in total. The smallest absolute Gasteiger partial charge is 0.225 e. The molecule has 0 saturated carbocycles. The third-order valence-electron chi connectivity index (χ3n) is 3.71. The summed E-state index contributed by atoms with van der Waals surface area (Å²) < 4.78 is 11.7. The lowest BCUT2D eigenvalue weighted by atomic mass is 10.0. The van der Waals surface area contributed by atoms with Crippen LogP contribution in [0.3, 0.4) is 0 Å². The largest absolute Gasteiger partial charge is 0.373 e. The molecule has 0 spiro atoms. The van der Waals surface area contributed by atoms with E-state index in [4.69, 9.17) is 9.47 Å². The van der Waals surface area contributed by atoms with E-state index in [1.165, 1.54) is 0 Å². The maximum absolute atomic E-state index is 5.91. The third kappa shape index (κ3) is 2.48. The first-order valence-corrected chi connectivity index (χ1v) is 6.78. The Bertz CT molecular complexity index is 426. The first kappa shape index (κ1) is 12.6. The van der Waals surface area contributed by atoms with Crippen molar-refractivity contribution >= 4 is 5.95 Å². The molecule has 2 fully saturated rings. The van der Waals surface area contributed by atoms with Gasteiger partial charge in [0.25, 0.3) is 0 Å². The van der Waals surface area contributed by atoms with Gasteiger partial charge in [-0.25, -0.2) is 9.97 Å². The van der Waals surface area contributed by atoms with Crippen LogP contribution in [0.15, 0.2) is 31.1 Å². The summed E-state index contributed by atoms with van der Waals surface area (Å²) in [4.78, 5) is 10.9. The van der Waals surface area contributed by atoms with E-state index in [1.807, 2.05) is 6.07 Å². The highest BCUT2D eigenvalue weighted by molar-refractivity contribution is 5.35. The molecule has 0 aliphatic carbocycles. The lowest BCUT2D eigenvalue weighted by Crippen LogP contribution is -2.42.